The Morgan fingerprint density at radius 2 is 2.18 bits per heavy atom. The van der Waals surface area contributed by atoms with Gasteiger partial charge in [-0.25, -0.2) is 4.79 Å². The Labute approximate surface area is 124 Å². The molecule has 22 heavy (non-hydrogen) atoms. The highest BCUT2D eigenvalue weighted by Gasteiger charge is 2.16. The minimum atomic E-state index is -0.489. The number of ether oxygens (including phenoxy) is 1. The average Bonchev–Trinajstić information content (AvgIpc) is 3.01. The second-order valence-electron chi connectivity index (χ2n) is 4.84. The van der Waals surface area contributed by atoms with Crippen LogP contribution in [0, 0.1) is 0 Å². The lowest BCUT2D eigenvalue weighted by Crippen LogP contribution is -2.64. The molecule has 3 aromatic rings. The van der Waals surface area contributed by atoms with Crippen LogP contribution >= 0.6 is 0 Å². The SMILES string of the molecule is C[C@H]([NH3+])C(=O)Oc1ccc2c(=O)c(-c3ccon3)coc2c1. The van der Waals surface area contributed by atoms with Gasteiger partial charge >= 0.3 is 5.97 Å². The molecule has 0 aliphatic heterocycles. The third-order valence-electron chi connectivity index (χ3n) is 3.08. The van der Waals surface area contributed by atoms with Gasteiger partial charge < -0.3 is 19.4 Å². The van der Waals surface area contributed by atoms with Crippen molar-refractivity contribution < 1.29 is 24.2 Å². The van der Waals surface area contributed by atoms with Crippen molar-refractivity contribution in [2.75, 3.05) is 0 Å². The summed E-state index contributed by atoms with van der Waals surface area (Å²) in [5.41, 5.74) is 4.37. The average molecular weight is 301 g/mol. The van der Waals surface area contributed by atoms with E-state index in [0.29, 0.717) is 28.0 Å². The summed E-state index contributed by atoms with van der Waals surface area (Å²) in [7, 11) is 0. The van der Waals surface area contributed by atoms with Crippen molar-refractivity contribution in [1.29, 1.82) is 0 Å². The summed E-state index contributed by atoms with van der Waals surface area (Å²) in [6.07, 6.45) is 2.68. The van der Waals surface area contributed by atoms with Crippen LogP contribution in [-0.4, -0.2) is 17.2 Å². The monoisotopic (exact) mass is 301 g/mol. The van der Waals surface area contributed by atoms with Crippen molar-refractivity contribution in [2.45, 2.75) is 13.0 Å². The molecule has 0 saturated carbocycles. The molecule has 3 rings (SSSR count). The number of carbonyl (C=O) groups is 1. The topological polar surface area (TPSA) is 110 Å². The number of esters is 1. The third kappa shape index (κ3) is 2.49. The zero-order chi connectivity index (χ0) is 15.7. The van der Waals surface area contributed by atoms with E-state index in [0.717, 1.165) is 0 Å². The zero-order valence-corrected chi connectivity index (χ0v) is 11.7. The molecule has 7 heteroatoms. The summed E-state index contributed by atoms with van der Waals surface area (Å²) in [5.74, 6) is -0.161. The highest BCUT2D eigenvalue weighted by atomic mass is 16.5. The maximum Gasteiger partial charge on any atom is 0.369 e. The van der Waals surface area contributed by atoms with E-state index < -0.39 is 12.0 Å². The Morgan fingerprint density at radius 1 is 1.36 bits per heavy atom. The molecule has 2 aromatic heterocycles. The number of rotatable bonds is 3. The summed E-state index contributed by atoms with van der Waals surface area (Å²) in [5, 5.41) is 4.08. The molecule has 2 heterocycles. The number of quaternary nitrogens is 1. The van der Waals surface area contributed by atoms with Crippen molar-refractivity contribution in [1.82, 2.24) is 5.16 Å². The van der Waals surface area contributed by atoms with Gasteiger partial charge in [-0.15, -0.1) is 0 Å². The third-order valence-corrected chi connectivity index (χ3v) is 3.08. The summed E-state index contributed by atoms with van der Waals surface area (Å²) < 4.78 is 15.3. The highest BCUT2D eigenvalue weighted by molar-refractivity contribution is 5.83. The number of nitrogens with zero attached hydrogens (tertiary/aromatic N) is 1. The summed E-state index contributed by atoms with van der Waals surface area (Å²) in [4.78, 5) is 23.9. The van der Waals surface area contributed by atoms with E-state index in [-0.39, 0.29) is 5.43 Å². The van der Waals surface area contributed by atoms with Gasteiger partial charge in [-0.2, -0.15) is 0 Å². The maximum atomic E-state index is 12.4. The fraction of sp³-hybridized carbons (Fsp3) is 0.133. The molecule has 3 N–H and O–H groups in total. The summed E-state index contributed by atoms with van der Waals surface area (Å²) >= 11 is 0. The van der Waals surface area contributed by atoms with E-state index in [1.54, 1.807) is 19.1 Å². The van der Waals surface area contributed by atoms with Gasteiger partial charge in [-0.05, 0) is 19.1 Å². The van der Waals surface area contributed by atoms with E-state index >= 15 is 0 Å². The minimum Gasteiger partial charge on any atom is -0.463 e. The fourth-order valence-corrected chi connectivity index (χ4v) is 1.92. The molecule has 0 bridgehead atoms. The molecule has 1 atom stereocenters. The van der Waals surface area contributed by atoms with Crippen molar-refractivity contribution >= 4 is 16.9 Å². The van der Waals surface area contributed by atoms with Crippen molar-refractivity contribution in [3.8, 4) is 17.0 Å². The maximum absolute atomic E-state index is 12.4. The molecule has 7 nitrogen and oxygen atoms in total. The van der Waals surface area contributed by atoms with Gasteiger partial charge in [0, 0.05) is 12.1 Å². The van der Waals surface area contributed by atoms with Crippen LogP contribution in [0.2, 0.25) is 0 Å². The largest absolute Gasteiger partial charge is 0.463 e. The standard InChI is InChI=1S/C15H12N2O5/c1-8(16)15(19)22-9-2-3-10-13(6-9)20-7-11(14(10)18)12-4-5-21-17-12/h2-8H,16H2,1H3/p+1/t8-/m0/s1. The summed E-state index contributed by atoms with van der Waals surface area (Å²) in [6, 6.07) is 5.65. The zero-order valence-electron chi connectivity index (χ0n) is 11.7. The number of carbonyl (C=O) groups excluding carboxylic acids is 1. The van der Waals surface area contributed by atoms with E-state index in [4.69, 9.17) is 13.7 Å². The first kappa shape index (κ1) is 14.0. The van der Waals surface area contributed by atoms with Gasteiger partial charge in [0.1, 0.15) is 29.6 Å². The van der Waals surface area contributed by atoms with Crippen LogP contribution in [0.3, 0.4) is 0 Å². The normalized spacial score (nSPS) is 12.3. The lowest BCUT2D eigenvalue weighted by atomic mass is 10.1. The molecular formula is C15H13N2O5+. The Morgan fingerprint density at radius 3 is 2.86 bits per heavy atom. The van der Waals surface area contributed by atoms with Gasteiger partial charge in [0.2, 0.25) is 5.43 Å². The second-order valence-corrected chi connectivity index (χ2v) is 4.84. The summed E-state index contributed by atoms with van der Waals surface area (Å²) in [6.45, 7) is 1.63. The molecule has 1 aromatic carbocycles. The molecule has 0 unspecified atom stereocenters. The second kappa shape index (κ2) is 5.45. The van der Waals surface area contributed by atoms with Crippen molar-refractivity contribution in [3.63, 3.8) is 0 Å². The minimum absolute atomic E-state index is 0.237. The van der Waals surface area contributed by atoms with Crippen LogP contribution in [0.5, 0.6) is 5.75 Å². The van der Waals surface area contributed by atoms with Crippen LogP contribution in [0.25, 0.3) is 22.2 Å². The number of hydrogen-bond acceptors (Lipinski definition) is 6. The van der Waals surface area contributed by atoms with Gasteiger partial charge in [-0.1, -0.05) is 5.16 Å². The molecule has 0 aliphatic rings. The number of fused-ring (bicyclic) bond motifs is 1. The fourth-order valence-electron chi connectivity index (χ4n) is 1.92. The molecule has 0 fully saturated rings. The smallest absolute Gasteiger partial charge is 0.369 e. The molecule has 112 valence electrons. The first-order valence-corrected chi connectivity index (χ1v) is 6.57. The molecule has 0 radical (unpaired) electrons. The van der Waals surface area contributed by atoms with Crippen LogP contribution in [0.15, 0.2) is 50.5 Å². The Hall–Kier alpha value is -2.93. The van der Waals surface area contributed by atoms with Crippen LogP contribution in [-0.2, 0) is 4.79 Å². The number of aromatic nitrogens is 1. The predicted molar refractivity (Wildman–Crippen MR) is 76.0 cm³/mol. The number of hydrogen-bond donors (Lipinski definition) is 1. The van der Waals surface area contributed by atoms with Gasteiger partial charge in [-0.3, -0.25) is 4.79 Å². The van der Waals surface area contributed by atoms with Crippen molar-refractivity contribution in [3.05, 3.63) is 47.0 Å². The lowest BCUT2D eigenvalue weighted by Gasteiger charge is -2.06. The van der Waals surface area contributed by atoms with E-state index in [1.165, 1.54) is 24.7 Å². The van der Waals surface area contributed by atoms with E-state index in [9.17, 15) is 9.59 Å². The van der Waals surface area contributed by atoms with Crippen LogP contribution < -0.4 is 15.9 Å². The highest BCUT2D eigenvalue weighted by Crippen LogP contribution is 2.22. The van der Waals surface area contributed by atoms with E-state index in [1.807, 2.05) is 0 Å². The van der Waals surface area contributed by atoms with Crippen molar-refractivity contribution in [2.24, 2.45) is 0 Å². The van der Waals surface area contributed by atoms with Gasteiger partial charge in [0.25, 0.3) is 0 Å². The van der Waals surface area contributed by atoms with Crippen LogP contribution in [0.1, 0.15) is 6.92 Å². The molecule has 0 amide bonds. The van der Waals surface area contributed by atoms with Crippen LogP contribution in [0.4, 0.5) is 0 Å². The Kier molecular flexibility index (Phi) is 3.48. The van der Waals surface area contributed by atoms with Gasteiger partial charge in [0.15, 0.2) is 6.04 Å². The molecule has 0 aliphatic carbocycles. The van der Waals surface area contributed by atoms with E-state index in [2.05, 4.69) is 10.9 Å². The molecule has 0 saturated heterocycles. The first-order chi connectivity index (χ1) is 10.6. The predicted octanol–water partition coefficient (Wildman–Crippen LogP) is 0.984. The molecular weight excluding hydrogens is 288 g/mol. The Balaban J connectivity index is 2.03. The molecule has 0 spiro atoms. The Bertz CT molecular complexity index is 881. The van der Waals surface area contributed by atoms with Gasteiger partial charge in [0.05, 0.1) is 10.9 Å². The lowest BCUT2D eigenvalue weighted by molar-refractivity contribution is -0.401. The number of benzene rings is 1. The quantitative estimate of drug-likeness (QED) is 0.570. The first-order valence-electron chi connectivity index (χ1n) is 6.57.